The van der Waals surface area contributed by atoms with Gasteiger partial charge in [-0.3, -0.25) is 4.79 Å². The van der Waals surface area contributed by atoms with E-state index in [9.17, 15) is 9.59 Å². The first kappa shape index (κ1) is 19.8. The van der Waals surface area contributed by atoms with Crippen LogP contribution in [0.15, 0.2) is 83.2 Å². The Kier molecular flexibility index (Phi) is 5.20. The van der Waals surface area contributed by atoms with Crippen molar-refractivity contribution in [3.05, 3.63) is 93.6 Å². The summed E-state index contributed by atoms with van der Waals surface area (Å²) in [5.74, 6) is -0.636. The third kappa shape index (κ3) is 3.70. The van der Waals surface area contributed by atoms with E-state index in [0.29, 0.717) is 12.0 Å². The summed E-state index contributed by atoms with van der Waals surface area (Å²) < 4.78 is 6.86. The molecule has 1 atom stereocenters. The molecule has 1 aliphatic heterocycles. The van der Waals surface area contributed by atoms with Crippen LogP contribution >= 0.6 is 11.3 Å². The molecule has 1 aliphatic carbocycles. The van der Waals surface area contributed by atoms with Crippen LogP contribution in [0.4, 0.5) is 0 Å². The molecule has 0 radical (unpaired) electrons. The van der Waals surface area contributed by atoms with E-state index in [1.54, 1.807) is 11.3 Å². The summed E-state index contributed by atoms with van der Waals surface area (Å²) >= 11 is 1.64. The average molecular weight is 430 g/mol. The number of esters is 1. The molecule has 2 aromatic carbocycles. The lowest BCUT2D eigenvalue weighted by Gasteiger charge is -2.33. The van der Waals surface area contributed by atoms with Crippen LogP contribution in [0.5, 0.6) is 0 Å². The average Bonchev–Trinajstić information content (AvgIpc) is 3.21. The van der Waals surface area contributed by atoms with E-state index in [1.807, 2.05) is 49.4 Å². The molecule has 0 bridgehead atoms. The summed E-state index contributed by atoms with van der Waals surface area (Å²) in [4.78, 5) is 27.3. The number of rotatable bonds is 4. The number of ether oxygens (including phenoxy) is 1. The fraction of sp³-hybridized carbons (Fsp3) is 0.231. The van der Waals surface area contributed by atoms with Crippen molar-refractivity contribution < 1.29 is 14.3 Å². The van der Waals surface area contributed by atoms with Crippen LogP contribution in [-0.4, -0.2) is 11.8 Å². The molecule has 4 nitrogen and oxygen atoms in total. The number of nitrogens with one attached hydrogen (secondary N) is 1. The lowest BCUT2D eigenvalue weighted by molar-refractivity contribution is -0.140. The fourth-order valence-electron chi connectivity index (χ4n) is 4.48. The Morgan fingerprint density at radius 2 is 1.87 bits per heavy atom. The Bertz CT molecular complexity index is 1200. The van der Waals surface area contributed by atoms with Crippen LogP contribution in [0.25, 0.3) is 10.1 Å². The number of thiophene rings is 1. The van der Waals surface area contributed by atoms with Crippen molar-refractivity contribution in [1.29, 1.82) is 0 Å². The summed E-state index contributed by atoms with van der Waals surface area (Å²) in [7, 11) is 0. The van der Waals surface area contributed by atoms with E-state index in [1.165, 1.54) is 0 Å². The number of hydrogen-bond donors (Lipinski definition) is 1. The van der Waals surface area contributed by atoms with Gasteiger partial charge in [0.05, 0.1) is 11.5 Å². The smallest absolute Gasteiger partial charge is 0.337 e. The van der Waals surface area contributed by atoms with Gasteiger partial charge in [0.25, 0.3) is 0 Å². The maximum atomic E-state index is 13.3. The fourth-order valence-corrected chi connectivity index (χ4v) is 5.67. The van der Waals surface area contributed by atoms with Crippen molar-refractivity contribution in [2.75, 3.05) is 0 Å². The SMILES string of the molecule is CC1=C(C(=O)OCc2ccccc2)C(c2cc3ccccc3s2)C2=C(CCCC2=O)N1. The molecule has 0 amide bonds. The minimum absolute atomic E-state index is 0.122. The van der Waals surface area contributed by atoms with Gasteiger partial charge in [-0.15, -0.1) is 11.3 Å². The van der Waals surface area contributed by atoms with Gasteiger partial charge in [0.1, 0.15) is 6.61 Å². The molecular formula is C26H23NO3S. The second-order valence-electron chi connectivity index (χ2n) is 8.01. The van der Waals surface area contributed by atoms with E-state index in [-0.39, 0.29) is 24.3 Å². The maximum absolute atomic E-state index is 13.3. The van der Waals surface area contributed by atoms with Crippen molar-refractivity contribution in [3.63, 3.8) is 0 Å². The number of dihydropyridines is 1. The molecule has 5 rings (SSSR count). The Morgan fingerprint density at radius 3 is 2.68 bits per heavy atom. The molecule has 2 heterocycles. The minimum Gasteiger partial charge on any atom is -0.457 e. The number of hydrogen-bond acceptors (Lipinski definition) is 5. The highest BCUT2D eigenvalue weighted by atomic mass is 32.1. The molecule has 1 unspecified atom stereocenters. The Hall–Kier alpha value is -3.18. The molecule has 5 heteroatoms. The van der Waals surface area contributed by atoms with E-state index >= 15 is 0 Å². The molecule has 0 saturated heterocycles. The van der Waals surface area contributed by atoms with E-state index in [0.717, 1.165) is 50.3 Å². The minimum atomic E-state index is -0.385. The Labute approximate surface area is 185 Å². The largest absolute Gasteiger partial charge is 0.457 e. The molecule has 2 aliphatic rings. The highest BCUT2D eigenvalue weighted by molar-refractivity contribution is 7.19. The van der Waals surface area contributed by atoms with Crippen molar-refractivity contribution in [1.82, 2.24) is 5.32 Å². The van der Waals surface area contributed by atoms with Crippen LogP contribution in [0, 0.1) is 0 Å². The maximum Gasteiger partial charge on any atom is 0.337 e. The number of allylic oxidation sites excluding steroid dienone is 3. The predicted octanol–water partition coefficient (Wildman–Crippen LogP) is 5.61. The summed E-state index contributed by atoms with van der Waals surface area (Å²) in [6.45, 7) is 2.11. The zero-order chi connectivity index (χ0) is 21.4. The molecule has 156 valence electrons. The number of carbonyl (C=O) groups is 2. The third-order valence-electron chi connectivity index (χ3n) is 5.94. The summed E-state index contributed by atoms with van der Waals surface area (Å²) in [6, 6.07) is 19.9. The monoisotopic (exact) mass is 429 g/mol. The predicted molar refractivity (Wildman–Crippen MR) is 123 cm³/mol. The number of benzene rings is 2. The number of fused-ring (bicyclic) bond motifs is 1. The van der Waals surface area contributed by atoms with Gasteiger partial charge in [0.2, 0.25) is 0 Å². The molecule has 1 N–H and O–H groups in total. The molecule has 1 aromatic heterocycles. The number of ketones is 1. The summed E-state index contributed by atoms with van der Waals surface area (Å²) in [6.07, 6.45) is 2.18. The van der Waals surface area contributed by atoms with Crippen LogP contribution in [-0.2, 0) is 20.9 Å². The van der Waals surface area contributed by atoms with Gasteiger partial charge < -0.3 is 10.1 Å². The highest BCUT2D eigenvalue weighted by Crippen LogP contribution is 2.45. The van der Waals surface area contributed by atoms with Gasteiger partial charge in [-0.05, 0) is 42.8 Å². The first-order chi connectivity index (χ1) is 15.1. The first-order valence-electron chi connectivity index (χ1n) is 10.6. The zero-order valence-corrected chi connectivity index (χ0v) is 18.1. The van der Waals surface area contributed by atoms with Gasteiger partial charge in [0.15, 0.2) is 5.78 Å². The lowest BCUT2D eigenvalue weighted by atomic mass is 9.78. The van der Waals surface area contributed by atoms with Crippen LogP contribution in [0.2, 0.25) is 0 Å². The second-order valence-corrected chi connectivity index (χ2v) is 9.13. The van der Waals surface area contributed by atoms with E-state index < -0.39 is 0 Å². The van der Waals surface area contributed by atoms with Crippen molar-refractivity contribution in [3.8, 4) is 0 Å². The first-order valence-corrected chi connectivity index (χ1v) is 11.4. The number of Topliss-reactive ketones (excluding diaryl/α,β-unsaturated/α-hetero) is 1. The molecule has 3 aromatic rings. The second kappa shape index (κ2) is 8.16. The molecular weight excluding hydrogens is 406 g/mol. The highest BCUT2D eigenvalue weighted by Gasteiger charge is 2.39. The molecule has 0 fully saturated rings. The molecule has 31 heavy (non-hydrogen) atoms. The van der Waals surface area contributed by atoms with Crippen molar-refractivity contribution in [2.24, 2.45) is 0 Å². The Balaban J connectivity index is 1.56. The van der Waals surface area contributed by atoms with E-state index in [2.05, 4.69) is 23.5 Å². The van der Waals surface area contributed by atoms with Gasteiger partial charge in [-0.25, -0.2) is 4.79 Å². The van der Waals surface area contributed by atoms with Crippen molar-refractivity contribution in [2.45, 2.75) is 38.7 Å². The normalized spacial score (nSPS) is 18.7. The quantitative estimate of drug-likeness (QED) is 0.548. The Morgan fingerprint density at radius 1 is 1.10 bits per heavy atom. The molecule has 0 spiro atoms. The van der Waals surface area contributed by atoms with Crippen LogP contribution in [0.1, 0.15) is 42.5 Å². The third-order valence-corrected chi connectivity index (χ3v) is 7.12. The van der Waals surface area contributed by atoms with Gasteiger partial charge in [-0.1, -0.05) is 48.5 Å². The summed E-state index contributed by atoms with van der Waals surface area (Å²) in [5, 5.41) is 4.48. The van der Waals surface area contributed by atoms with Crippen LogP contribution < -0.4 is 5.32 Å². The van der Waals surface area contributed by atoms with Gasteiger partial charge in [-0.2, -0.15) is 0 Å². The number of carbonyl (C=O) groups excluding carboxylic acids is 2. The van der Waals surface area contributed by atoms with Crippen molar-refractivity contribution >= 4 is 33.2 Å². The molecule has 0 saturated carbocycles. The van der Waals surface area contributed by atoms with Gasteiger partial charge >= 0.3 is 5.97 Å². The topological polar surface area (TPSA) is 55.4 Å². The lowest BCUT2D eigenvalue weighted by Crippen LogP contribution is -2.34. The standard InChI is InChI=1S/C26H23NO3S/c1-16-23(26(29)30-15-17-8-3-2-4-9-17)25(24-19(27-16)11-7-12-20(24)28)22-14-18-10-5-6-13-21(18)31-22/h2-6,8-10,13-14,25,27H,7,11-12,15H2,1H3. The summed E-state index contributed by atoms with van der Waals surface area (Å²) in [5.41, 5.74) is 3.93. The van der Waals surface area contributed by atoms with Gasteiger partial charge in [0, 0.05) is 33.0 Å². The van der Waals surface area contributed by atoms with E-state index in [4.69, 9.17) is 4.74 Å². The van der Waals surface area contributed by atoms with Crippen LogP contribution in [0.3, 0.4) is 0 Å². The zero-order valence-electron chi connectivity index (χ0n) is 17.3.